The van der Waals surface area contributed by atoms with E-state index in [9.17, 15) is 0 Å². The van der Waals surface area contributed by atoms with Crippen molar-refractivity contribution >= 4 is 22.1 Å². The van der Waals surface area contributed by atoms with E-state index in [-0.39, 0.29) is 0 Å². The summed E-state index contributed by atoms with van der Waals surface area (Å²) < 4.78 is 4.92. The smallest absolute Gasteiger partial charge is 0.177 e. The Balaban J connectivity index is 1.83. The van der Waals surface area contributed by atoms with E-state index in [2.05, 4.69) is 85.4 Å². The van der Waals surface area contributed by atoms with Crippen LogP contribution < -0.4 is 0 Å². The van der Waals surface area contributed by atoms with E-state index in [4.69, 9.17) is 9.97 Å². The Morgan fingerprint density at radius 2 is 1.03 bits per heavy atom. The normalized spacial score (nSPS) is 13.6. The van der Waals surface area contributed by atoms with Crippen LogP contribution in [-0.4, -0.2) is 19.1 Å². The first-order valence-electron chi connectivity index (χ1n) is 13.6. The highest BCUT2D eigenvalue weighted by Crippen LogP contribution is 2.31. The van der Waals surface area contributed by atoms with Gasteiger partial charge in [0.25, 0.3) is 0 Å². The van der Waals surface area contributed by atoms with Crippen LogP contribution in [0.25, 0.3) is 33.7 Å². The van der Waals surface area contributed by atoms with Gasteiger partial charge in [-0.25, -0.2) is 9.97 Å². The molecule has 0 aliphatic heterocycles. The Morgan fingerprint density at radius 3 is 1.41 bits per heavy atom. The van der Waals surface area contributed by atoms with E-state index >= 15 is 0 Å². The topological polar surface area (TPSA) is 35.6 Å². The van der Waals surface area contributed by atoms with Crippen LogP contribution in [0.15, 0.2) is 48.5 Å². The highest BCUT2D eigenvalue weighted by Gasteiger charge is 2.22. The van der Waals surface area contributed by atoms with Crippen LogP contribution >= 0.6 is 0 Å². The molecule has 0 saturated heterocycles. The standard InChI is InChI=1S/C30H42N4/c1-5-9-15-23(7-3)21-33-27-19-13-11-17-25(27)31-29(33)30-32-26-18-12-14-20-28(26)34(30)22-24(8-4)16-10-6-2/h11-14,17-20,23-24H,5-10,15-16,21-22H2,1-4H3. The first-order valence-corrected chi connectivity index (χ1v) is 13.6. The average Bonchev–Trinajstić information content (AvgIpc) is 3.42. The molecule has 0 aliphatic rings. The number of hydrogen-bond acceptors (Lipinski definition) is 2. The van der Waals surface area contributed by atoms with Gasteiger partial charge in [-0.15, -0.1) is 0 Å². The van der Waals surface area contributed by atoms with Crippen molar-refractivity contribution < 1.29 is 0 Å². The molecule has 34 heavy (non-hydrogen) atoms. The first kappa shape index (κ1) is 24.5. The molecule has 0 fully saturated rings. The number of fused-ring (bicyclic) bond motifs is 2. The van der Waals surface area contributed by atoms with Crippen LogP contribution in [0.3, 0.4) is 0 Å². The highest BCUT2D eigenvalue weighted by molar-refractivity contribution is 5.83. The number of aromatic nitrogens is 4. The zero-order valence-electron chi connectivity index (χ0n) is 21.6. The minimum Gasteiger partial charge on any atom is -0.321 e. The van der Waals surface area contributed by atoms with Gasteiger partial charge in [-0.3, -0.25) is 0 Å². The number of imidazole rings is 2. The van der Waals surface area contributed by atoms with Gasteiger partial charge in [0.1, 0.15) is 0 Å². The Bertz CT molecular complexity index is 1090. The number of benzene rings is 2. The molecule has 0 spiro atoms. The van der Waals surface area contributed by atoms with Crippen molar-refractivity contribution in [3.05, 3.63) is 48.5 Å². The molecule has 0 bridgehead atoms. The minimum absolute atomic E-state index is 0.655. The summed E-state index contributed by atoms with van der Waals surface area (Å²) in [6.45, 7) is 11.2. The zero-order valence-corrected chi connectivity index (χ0v) is 21.6. The molecule has 4 heteroatoms. The molecule has 0 N–H and O–H groups in total. The van der Waals surface area contributed by atoms with Crippen molar-refractivity contribution in [3.8, 4) is 11.6 Å². The van der Waals surface area contributed by atoms with Gasteiger partial charge in [0.05, 0.1) is 22.1 Å². The Morgan fingerprint density at radius 1 is 0.618 bits per heavy atom. The minimum atomic E-state index is 0.655. The summed E-state index contributed by atoms with van der Waals surface area (Å²) in [6.07, 6.45) is 9.99. The molecule has 2 aromatic heterocycles. The van der Waals surface area contributed by atoms with E-state index < -0.39 is 0 Å². The second-order valence-electron chi connectivity index (χ2n) is 9.90. The second-order valence-corrected chi connectivity index (χ2v) is 9.90. The maximum atomic E-state index is 5.18. The zero-order chi connectivity index (χ0) is 23.9. The third kappa shape index (κ3) is 5.21. The lowest BCUT2D eigenvalue weighted by atomic mass is 9.99. The fraction of sp³-hybridized carbons (Fsp3) is 0.533. The van der Waals surface area contributed by atoms with Crippen LogP contribution in [0, 0.1) is 11.8 Å². The van der Waals surface area contributed by atoms with Gasteiger partial charge in [0, 0.05) is 13.1 Å². The molecule has 0 aliphatic carbocycles. The maximum absolute atomic E-state index is 5.18. The molecule has 4 nitrogen and oxygen atoms in total. The van der Waals surface area contributed by atoms with Crippen molar-refractivity contribution in [2.24, 2.45) is 11.8 Å². The van der Waals surface area contributed by atoms with Gasteiger partial charge in [-0.1, -0.05) is 90.5 Å². The van der Waals surface area contributed by atoms with Gasteiger partial charge in [0.15, 0.2) is 11.6 Å². The lowest BCUT2D eigenvalue weighted by Crippen LogP contribution is -2.15. The summed E-state index contributed by atoms with van der Waals surface area (Å²) in [5.74, 6) is 3.36. The summed E-state index contributed by atoms with van der Waals surface area (Å²) >= 11 is 0. The van der Waals surface area contributed by atoms with Crippen molar-refractivity contribution in [2.75, 3.05) is 0 Å². The fourth-order valence-electron chi connectivity index (χ4n) is 5.21. The van der Waals surface area contributed by atoms with Gasteiger partial charge < -0.3 is 9.13 Å². The Labute approximate surface area is 205 Å². The monoisotopic (exact) mass is 458 g/mol. The van der Waals surface area contributed by atoms with Crippen LogP contribution in [0.2, 0.25) is 0 Å². The van der Waals surface area contributed by atoms with E-state index in [1.165, 1.54) is 62.4 Å². The first-order chi connectivity index (χ1) is 16.7. The Hall–Kier alpha value is -2.62. The van der Waals surface area contributed by atoms with Gasteiger partial charge in [0.2, 0.25) is 0 Å². The van der Waals surface area contributed by atoms with Gasteiger partial charge in [-0.2, -0.15) is 0 Å². The number of hydrogen-bond donors (Lipinski definition) is 0. The van der Waals surface area contributed by atoms with E-state index in [1.807, 2.05) is 0 Å². The largest absolute Gasteiger partial charge is 0.321 e. The molecule has 182 valence electrons. The number of unbranched alkanes of at least 4 members (excludes halogenated alkanes) is 2. The Kier molecular flexibility index (Phi) is 8.42. The predicted octanol–water partition coefficient (Wildman–Crippen LogP) is 8.49. The van der Waals surface area contributed by atoms with Crippen LogP contribution in [0.4, 0.5) is 0 Å². The molecule has 2 heterocycles. The fourth-order valence-corrected chi connectivity index (χ4v) is 5.21. The molecule has 2 atom stereocenters. The molecule has 4 aromatic rings. The van der Waals surface area contributed by atoms with Gasteiger partial charge in [-0.05, 0) is 48.9 Å². The van der Waals surface area contributed by atoms with Crippen LogP contribution in [0.1, 0.15) is 79.1 Å². The summed E-state index contributed by atoms with van der Waals surface area (Å²) in [4.78, 5) is 10.4. The molecular formula is C30H42N4. The van der Waals surface area contributed by atoms with Crippen molar-refractivity contribution in [3.63, 3.8) is 0 Å². The van der Waals surface area contributed by atoms with E-state index in [0.717, 1.165) is 35.8 Å². The molecule has 0 saturated carbocycles. The lowest BCUT2D eigenvalue weighted by Gasteiger charge is -2.20. The number of para-hydroxylation sites is 4. The summed E-state index contributed by atoms with van der Waals surface area (Å²) in [5.41, 5.74) is 4.59. The summed E-state index contributed by atoms with van der Waals surface area (Å²) in [7, 11) is 0. The lowest BCUT2D eigenvalue weighted by molar-refractivity contribution is 0.390. The van der Waals surface area contributed by atoms with Crippen molar-refractivity contribution in [1.29, 1.82) is 0 Å². The molecule has 2 unspecified atom stereocenters. The summed E-state index contributed by atoms with van der Waals surface area (Å²) in [5, 5.41) is 0. The van der Waals surface area contributed by atoms with E-state index in [1.54, 1.807) is 0 Å². The quantitative estimate of drug-likeness (QED) is 0.201. The molecule has 4 rings (SSSR count). The maximum Gasteiger partial charge on any atom is 0.177 e. The van der Waals surface area contributed by atoms with Crippen molar-refractivity contribution in [1.82, 2.24) is 19.1 Å². The molecule has 2 aromatic carbocycles. The van der Waals surface area contributed by atoms with E-state index in [0.29, 0.717) is 11.8 Å². The number of rotatable bonds is 13. The molecule has 0 radical (unpaired) electrons. The third-order valence-corrected chi connectivity index (χ3v) is 7.48. The number of nitrogens with zero attached hydrogens (tertiary/aromatic N) is 4. The van der Waals surface area contributed by atoms with Crippen LogP contribution in [-0.2, 0) is 13.1 Å². The SMILES string of the molecule is CCCCC(CC)Cn1c(-c2nc3ccccc3n2CC(CC)CCCC)nc2ccccc21. The van der Waals surface area contributed by atoms with Crippen molar-refractivity contribution in [2.45, 2.75) is 92.2 Å². The van der Waals surface area contributed by atoms with Gasteiger partial charge >= 0.3 is 0 Å². The average molecular weight is 459 g/mol. The molecule has 0 amide bonds. The molecular weight excluding hydrogens is 416 g/mol. The third-order valence-electron chi connectivity index (χ3n) is 7.48. The van der Waals surface area contributed by atoms with Crippen LogP contribution in [0.5, 0.6) is 0 Å². The highest BCUT2D eigenvalue weighted by atomic mass is 15.2. The second kappa shape index (κ2) is 11.7. The predicted molar refractivity (Wildman–Crippen MR) is 145 cm³/mol. The summed E-state index contributed by atoms with van der Waals surface area (Å²) in [6, 6.07) is 17.2.